The van der Waals surface area contributed by atoms with Crippen molar-refractivity contribution in [3.63, 3.8) is 0 Å². The van der Waals surface area contributed by atoms with Gasteiger partial charge in [-0.25, -0.2) is 4.90 Å². The molecule has 6 heteroatoms. The molecule has 72 heavy (non-hydrogen) atoms. The van der Waals surface area contributed by atoms with E-state index >= 15 is 9.59 Å². The molecular formula is C66H67NO5. The van der Waals surface area contributed by atoms with E-state index in [1.807, 2.05) is 66.7 Å². The zero-order valence-electron chi connectivity index (χ0n) is 44.7. The Morgan fingerprint density at radius 3 is 1.14 bits per heavy atom. The van der Waals surface area contributed by atoms with Crippen LogP contribution in [0.1, 0.15) is 152 Å². The number of hydrogen-bond donors (Lipinski definition) is 0. The lowest BCUT2D eigenvalue weighted by atomic mass is 9.79. The summed E-state index contributed by atoms with van der Waals surface area (Å²) in [6.07, 6.45) is 0. The number of anilines is 1. The molecule has 9 aromatic rings. The monoisotopic (exact) mass is 954 g/mol. The number of nitrogens with zero attached hydrogens (tertiary/aromatic N) is 1. The Hall–Kier alpha value is -7.18. The minimum atomic E-state index is -0.411. The lowest BCUT2D eigenvalue weighted by Gasteiger charge is -2.34. The van der Waals surface area contributed by atoms with Crippen LogP contribution in [-0.2, 0) is 27.1 Å². The molecule has 0 fully saturated rings. The van der Waals surface area contributed by atoms with Gasteiger partial charge in [-0.1, -0.05) is 171 Å². The highest BCUT2D eigenvalue weighted by atomic mass is 16.5. The third kappa shape index (κ3) is 8.42. The first-order chi connectivity index (χ1) is 33.7. The minimum Gasteiger partial charge on any atom is -0.457 e. The number of benzene rings is 9. The zero-order valence-corrected chi connectivity index (χ0v) is 44.7. The minimum absolute atomic E-state index is 0.00355. The van der Waals surface area contributed by atoms with Gasteiger partial charge in [-0.3, -0.25) is 9.59 Å². The van der Waals surface area contributed by atoms with E-state index in [4.69, 9.17) is 14.2 Å². The summed E-state index contributed by atoms with van der Waals surface area (Å²) >= 11 is 0. The quantitative estimate of drug-likeness (QED) is 0.0905. The van der Waals surface area contributed by atoms with Crippen molar-refractivity contribution < 1.29 is 23.8 Å². The van der Waals surface area contributed by atoms with Crippen molar-refractivity contribution in [1.82, 2.24) is 0 Å². The molecule has 0 radical (unpaired) electrons. The summed E-state index contributed by atoms with van der Waals surface area (Å²) in [5.41, 5.74) is 5.99. The second-order valence-corrected chi connectivity index (χ2v) is 25.0. The first-order valence-corrected chi connectivity index (χ1v) is 25.3. The molecule has 366 valence electrons. The molecule has 1 aliphatic heterocycles. The maximum Gasteiger partial charge on any atom is 0.266 e. The van der Waals surface area contributed by atoms with Crippen molar-refractivity contribution in [1.29, 1.82) is 0 Å². The third-order valence-electron chi connectivity index (χ3n) is 14.5. The zero-order chi connectivity index (χ0) is 51.6. The number of rotatable bonds is 7. The number of carbonyl (C=O) groups excluding carboxylic acids is 2. The maximum atomic E-state index is 15.8. The molecule has 0 spiro atoms. The van der Waals surface area contributed by atoms with Gasteiger partial charge >= 0.3 is 0 Å². The summed E-state index contributed by atoms with van der Waals surface area (Å²) in [7, 11) is 0. The van der Waals surface area contributed by atoms with Crippen LogP contribution in [0.4, 0.5) is 5.69 Å². The number of fused-ring (bicyclic) bond motifs is 2. The summed E-state index contributed by atoms with van der Waals surface area (Å²) in [4.78, 5) is 32.9. The smallest absolute Gasteiger partial charge is 0.266 e. The van der Waals surface area contributed by atoms with Gasteiger partial charge in [-0.2, -0.15) is 0 Å². The van der Waals surface area contributed by atoms with Crippen LogP contribution in [0, 0.1) is 0 Å². The van der Waals surface area contributed by atoms with E-state index in [2.05, 4.69) is 171 Å². The van der Waals surface area contributed by atoms with E-state index in [0.717, 1.165) is 54.6 Å². The Labute approximate surface area is 425 Å². The molecule has 9 aromatic carbocycles. The Morgan fingerprint density at radius 1 is 0.333 bits per heavy atom. The van der Waals surface area contributed by atoms with Crippen molar-refractivity contribution in [2.24, 2.45) is 0 Å². The molecule has 0 saturated heterocycles. The molecule has 0 bridgehead atoms. The molecule has 0 aliphatic carbocycles. The molecule has 0 atom stereocenters. The fourth-order valence-electron chi connectivity index (χ4n) is 10.3. The summed E-state index contributed by atoms with van der Waals surface area (Å²) in [6, 6.07) is 45.0. The van der Waals surface area contributed by atoms with Crippen LogP contribution in [-0.4, -0.2) is 11.8 Å². The van der Waals surface area contributed by atoms with Gasteiger partial charge in [0.15, 0.2) is 0 Å². The average molecular weight is 954 g/mol. The number of imide groups is 1. The standard InChI is InChI=1S/C66H67NO5/c1-62(2,3)38-19-26-42(27-20-38)70-52-34-32-47-55-45(52)17-16-18-46(55)57-53(71-43-28-21-39(22-29-43)63(4,5)6)36-48-56-49(37-54(58(47)59(56)57)72-44-30-23-40(24-31-44)64(7,8)9)61(69)67(60(48)68)51-35-41(65(10,11)12)25-33-50(51)66(13,14)15/h16-37H,1-15H3. The normalized spacial score (nSPS) is 13.8. The van der Waals surface area contributed by atoms with Crippen LogP contribution in [0.15, 0.2) is 133 Å². The fraction of sp³-hybridized carbons (Fsp3) is 0.303. The Morgan fingerprint density at radius 2 is 0.722 bits per heavy atom. The molecule has 0 N–H and O–H groups in total. The molecule has 6 nitrogen and oxygen atoms in total. The predicted molar refractivity (Wildman–Crippen MR) is 298 cm³/mol. The summed E-state index contributed by atoms with van der Waals surface area (Å²) in [5.74, 6) is 2.83. The Balaban J connectivity index is 1.30. The van der Waals surface area contributed by atoms with Crippen molar-refractivity contribution in [3.8, 4) is 34.5 Å². The van der Waals surface area contributed by atoms with E-state index in [9.17, 15) is 0 Å². The van der Waals surface area contributed by atoms with Crippen molar-refractivity contribution in [3.05, 3.63) is 172 Å². The van der Waals surface area contributed by atoms with Crippen molar-refractivity contribution >= 4 is 60.6 Å². The lowest BCUT2D eigenvalue weighted by Crippen LogP contribution is -2.42. The SMILES string of the molecule is CC(C)(C)c1ccc(Oc2ccc3c4c(Oc5ccc(C(C)(C)C)cc5)cc5c6c(cc(Oc7ccc(C(C)(C)C)cc7)c(c7cccc2c73)c64)C(=O)N(c2cc(C(C)(C)C)ccc2C(C)(C)C)C5=O)cc1. The van der Waals surface area contributed by atoms with Crippen LogP contribution in [0.3, 0.4) is 0 Å². The Bertz CT molecular complexity index is 3490. The number of amides is 2. The van der Waals surface area contributed by atoms with Gasteiger partial charge in [-0.05, 0) is 132 Å². The number of carbonyl (C=O) groups is 2. The third-order valence-corrected chi connectivity index (χ3v) is 14.5. The maximum absolute atomic E-state index is 15.8. The largest absolute Gasteiger partial charge is 0.457 e. The first kappa shape index (κ1) is 48.4. The molecule has 10 rings (SSSR count). The van der Waals surface area contributed by atoms with Gasteiger partial charge in [0.2, 0.25) is 0 Å². The van der Waals surface area contributed by atoms with Gasteiger partial charge < -0.3 is 14.2 Å². The van der Waals surface area contributed by atoms with E-state index < -0.39 is 17.2 Å². The lowest BCUT2D eigenvalue weighted by molar-refractivity contribution is 0.0892. The molecular weight excluding hydrogens is 887 g/mol. The first-order valence-electron chi connectivity index (χ1n) is 25.3. The molecule has 2 amide bonds. The van der Waals surface area contributed by atoms with Gasteiger partial charge in [-0.15, -0.1) is 0 Å². The van der Waals surface area contributed by atoms with E-state index in [1.165, 1.54) is 21.6 Å². The highest BCUT2D eigenvalue weighted by molar-refractivity contribution is 6.44. The van der Waals surface area contributed by atoms with E-state index in [1.54, 1.807) is 0 Å². The van der Waals surface area contributed by atoms with Gasteiger partial charge in [0.25, 0.3) is 11.8 Å². The van der Waals surface area contributed by atoms with Crippen molar-refractivity contribution in [2.45, 2.75) is 131 Å². The predicted octanol–water partition coefficient (Wildman–Crippen LogP) is 18.4. The van der Waals surface area contributed by atoms with Gasteiger partial charge in [0, 0.05) is 32.3 Å². The fourth-order valence-corrected chi connectivity index (χ4v) is 10.3. The summed E-state index contributed by atoms with van der Waals surface area (Å²) < 4.78 is 21.0. The number of ether oxygens (including phenoxy) is 3. The Kier molecular flexibility index (Phi) is 11.2. The van der Waals surface area contributed by atoms with Gasteiger partial charge in [0.1, 0.15) is 34.5 Å². The molecule has 0 unspecified atom stereocenters. The van der Waals surface area contributed by atoms with Crippen LogP contribution in [0.2, 0.25) is 0 Å². The molecule has 1 heterocycles. The van der Waals surface area contributed by atoms with Crippen LogP contribution >= 0.6 is 0 Å². The summed E-state index contributed by atoms with van der Waals surface area (Å²) in [5, 5.41) is 6.46. The molecule has 0 aromatic heterocycles. The second-order valence-electron chi connectivity index (χ2n) is 25.0. The number of hydrogen-bond acceptors (Lipinski definition) is 5. The molecule has 1 aliphatic rings. The van der Waals surface area contributed by atoms with Crippen molar-refractivity contribution in [2.75, 3.05) is 4.90 Å². The van der Waals surface area contributed by atoms with Gasteiger partial charge in [0.05, 0.1) is 16.8 Å². The highest BCUT2D eigenvalue weighted by Crippen LogP contribution is 2.54. The summed E-state index contributed by atoms with van der Waals surface area (Å²) in [6.45, 7) is 32.5. The van der Waals surface area contributed by atoms with Crippen LogP contribution < -0.4 is 19.1 Å². The van der Waals surface area contributed by atoms with Crippen LogP contribution in [0.25, 0.3) is 43.1 Å². The second kappa shape index (κ2) is 16.7. The highest BCUT2D eigenvalue weighted by Gasteiger charge is 2.40. The van der Waals surface area contributed by atoms with E-state index in [-0.39, 0.29) is 21.7 Å². The average Bonchev–Trinajstić information content (AvgIpc) is 3.30. The topological polar surface area (TPSA) is 65.1 Å². The van der Waals surface area contributed by atoms with Crippen LogP contribution in [0.5, 0.6) is 34.5 Å². The molecule has 0 saturated carbocycles. The van der Waals surface area contributed by atoms with E-state index in [0.29, 0.717) is 50.9 Å².